The van der Waals surface area contributed by atoms with Crippen LogP contribution in [-0.4, -0.2) is 23.2 Å². The minimum absolute atomic E-state index is 0. The first-order chi connectivity index (χ1) is 12.0. The number of likely N-dealkylation sites (N-methyl/N-ethyl adjacent to an activating group) is 1. The highest BCUT2D eigenvalue weighted by molar-refractivity contribution is 5.85. The number of alkyl halides is 6. The fraction of sp³-hybridized carbons (Fsp3) is 0.375. The highest BCUT2D eigenvalue weighted by Gasteiger charge is 2.36. The Bertz CT molecular complexity index is 753. The molecule has 0 spiro atoms. The van der Waals surface area contributed by atoms with Crippen molar-refractivity contribution in [2.24, 2.45) is 0 Å². The molecule has 0 amide bonds. The van der Waals surface area contributed by atoms with Crippen LogP contribution < -0.4 is 5.32 Å². The summed E-state index contributed by atoms with van der Waals surface area (Å²) in [5.74, 6) is 0.348. The highest BCUT2D eigenvalue weighted by Crippen LogP contribution is 2.36. The lowest BCUT2D eigenvalue weighted by Gasteiger charge is -2.12. The Labute approximate surface area is 157 Å². The van der Waals surface area contributed by atoms with Crippen LogP contribution in [0.25, 0.3) is 12.2 Å². The van der Waals surface area contributed by atoms with E-state index in [0.717, 1.165) is 12.2 Å². The van der Waals surface area contributed by atoms with Gasteiger partial charge < -0.3 is 9.84 Å². The van der Waals surface area contributed by atoms with Gasteiger partial charge in [-0.3, -0.25) is 0 Å². The molecule has 0 saturated carbocycles. The van der Waals surface area contributed by atoms with Gasteiger partial charge in [0, 0.05) is 18.5 Å². The molecular formula is C16H16ClF6N3O. The van der Waals surface area contributed by atoms with E-state index in [1.54, 1.807) is 7.05 Å². The Morgan fingerprint density at radius 1 is 1.04 bits per heavy atom. The van der Waals surface area contributed by atoms with Crippen molar-refractivity contribution in [3.05, 3.63) is 46.6 Å². The summed E-state index contributed by atoms with van der Waals surface area (Å²) >= 11 is 0. The van der Waals surface area contributed by atoms with Crippen LogP contribution in [0.2, 0.25) is 0 Å². The summed E-state index contributed by atoms with van der Waals surface area (Å²) in [6, 6.07) is 1.38. The van der Waals surface area contributed by atoms with E-state index in [-0.39, 0.29) is 36.0 Å². The van der Waals surface area contributed by atoms with Gasteiger partial charge in [0.1, 0.15) is 0 Å². The fourth-order valence-corrected chi connectivity index (χ4v) is 2.04. The van der Waals surface area contributed by atoms with Crippen molar-refractivity contribution in [2.75, 3.05) is 7.05 Å². The molecular weight excluding hydrogens is 400 g/mol. The van der Waals surface area contributed by atoms with E-state index in [0.29, 0.717) is 24.4 Å². The highest BCUT2D eigenvalue weighted by atomic mass is 35.5. The number of hydrogen-bond acceptors (Lipinski definition) is 4. The van der Waals surface area contributed by atoms with Gasteiger partial charge in [0.05, 0.1) is 11.1 Å². The van der Waals surface area contributed by atoms with Gasteiger partial charge in [-0.15, -0.1) is 12.4 Å². The number of nitrogens with one attached hydrogen (secondary N) is 1. The average Bonchev–Trinajstić information content (AvgIpc) is 2.98. The molecule has 0 bridgehead atoms. The van der Waals surface area contributed by atoms with E-state index in [4.69, 9.17) is 4.52 Å². The minimum atomic E-state index is -4.90. The first-order valence-corrected chi connectivity index (χ1v) is 7.46. The second-order valence-corrected chi connectivity index (χ2v) is 5.62. The van der Waals surface area contributed by atoms with Gasteiger partial charge in [0.25, 0.3) is 5.89 Å². The van der Waals surface area contributed by atoms with E-state index in [9.17, 15) is 26.3 Å². The normalized spacial score (nSPS) is 13.6. The smallest absolute Gasteiger partial charge is 0.335 e. The molecule has 11 heteroatoms. The lowest BCUT2D eigenvalue weighted by atomic mass is 10.0. The van der Waals surface area contributed by atoms with Crippen LogP contribution in [0.15, 0.2) is 22.7 Å². The Morgan fingerprint density at radius 3 is 2.07 bits per heavy atom. The van der Waals surface area contributed by atoms with Gasteiger partial charge in [0.15, 0.2) is 5.82 Å². The Kier molecular flexibility index (Phi) is 7.44. The molecule has 1 atom stereocenters. The molecule has 2 aromatic rings. The molecule has 0 saturated heterocycles. The van der Waals surface area contributed by atoms with Gasteiger partial charge in [-0.25, -0.2) is 0 Å². The van der Waals surface area contributed by atoms with Gasteiger partial charge in [0.2, 0.25) is 0 Å². The van der Waals surface area contributed by atoms with E-state index in [1.165, 1.54) is 0 Å². The number of aromatic nitrogens is 2. The van der Waals surface area contributed by atoms with Crippen molar-refractivity contribution in [2.45, 2.75) is 31.7 Å². The molecule has 1 aromatic heterocycles. The van der Waals surface area contributed by atoms with Crippen LogP contribution >= 0.6 is 12.4 Å². The fourth-order valence-electron chi connectivity index (χ4n) is 2.04. The van der Waals surface area contributed by atoms with Crippen LogP contribution in [0.5, 0.6) is 0 Å². The summed E-state index contributed by atoms with van der Waals surface area (Å²) in [5.41, 5.74) is -3.06. The SMILES string of the molecule is CNC(C)Cc1noc(/C=C/c2cc(C(F)(F)F)cc(C(F)(F)F)c2)n1.Cl. The predicted molar refractivity (Wildman–Crippen MR) is 89.1 cm³/mol. The molecule has 4 nitrogen and oxygen atoms in total. The molecule has 2 rings (SSSR count). The molecule has 0 aliphatic heterocycles. The molecule has 0 radical (unpaired) electrons. The van der Waals surface area contributed by atoms with E-state index in [1.807, 2.05) is 6.92 Å². The van der Waals surface area contributed by atoms with Crippen LogP contribution in [0, 0.1) is 0 Å². The maximum Gasteiger partial charge on any atom is 0.416 e. The van der Waals surface area contributed by atoms with E-state index in [2.05, 4.69) is 15.5 Å². The lowest BCUT2D eigenvalue weighted by Crippen LogP contribution is -2.24. The van der Waals surface area contributed by atoms with Crippen molar-refractivity contribution < 1.29 is 30.9 Å². The maximum absolute atomic E-state index is 12.8. The molecule has 0 fully saturated rings. The third kappa shape index (κ3) is 6.55. The largest absolute Gasteiger partial charge is 0.416 e. The summed E-state index contributed by atoms with van der Waals surface area (Å²) in [6.07, 6.45) is -7.12. The zero-order chi connectivity index (χ0) is 19.5. The standard InChI is InChI=1S/C16H15F6N3O.ClH/c1-9(23-2)5-13-24-14(26-25-13)4-3-10-6-11(15(17,18)19)8-12(7-10)16(20,21)22;/h3-4,6-9,23H,5H2,1-2H3;1H/b4-3+;. The molecule has 150 valence electrons. The Hall–Kier alpha value is -2.07. The van der Waals surface area contributed by atoms with Gasteiger partial charge in [-0.2, -0.15) is 31.3 Å². The summed E-state index contributed by atoms with van der Waals surface area (Å²) in [6.45, 7) is 1.88. The minimum Gasteiger partial charge on any atom is -0.335 e. The quantitative estimate of drug-likeness (QED) is 0.709. The topological polar surface area (TPSA) is 51.0 Å². The monoisotopic (exact) mass is 415 g/mol. The van der Waals surface area contributed by atoms with Crippen molar-refractivity contribution >= 4 is 24.6 Å². The Balaban J connectivity index is 0.00000364. The zero-order valence-corrected chi connectivity index (χ0v) is 15.0. The predicted octanol–water partition coefficient (Wildman–Crippen LogP) is 4.85. The number of rotatable bonds is 5. The van der Waals surface area contributed by atoms with Gasteiger partial charge >= 0.3 is 12.4 Å². The average molecular weight is 416 g/mol. The number of halogens is 7. The molecule has 1 aromatic carbocycles. The third-order valence-corrected chi connectivity index (χ3v) is 3.49. The molecule has 0 aliphatic carbocycles. The first kappa shape index (κ1) is 23.0. The van der Waals surface area contributed by atoms with Crippen molar-refractivity contribution in [3.8, 4) is 0 Å². The van der Waals surface area contributed by atoms with Gasteiger partial charge in [-0.1, -0.05) is 5.16 Å². The van der Waals surface area contributed by atoms with Crippen LogP contribution in [0.3, 0.4) is 0 Å². The molecule has 1 N–H and O–H groups in total. The van der Waals surface area contributed by atoms with Crippen LogP contribution in [-0.2, 0) is 18.8 Å². The zero-order valence-electron chi connectivity index (χ0n) is 14.1. The van der Waals surface area contributed by atoms with Crippen LogP contribution in [0.1, 0.15) is 35.3 Å². The lowest BCUT2D eigenvalue weighted by molar-refractivity contribution is -0.143. The third-order valence-electron chi connectivity index (χ3n) is 3.49. The van der Waals surface area contributed by atoms with Crippen molar-refractivity contribution in [1.29, 1.82) is 0 Å². The number of hydrogen-bond donors (Lipinski definition) is 1. The number of benzene rings is 1. The molecule has 0 aliphatic rings. The van der Waals surface area contributed by atoms with E-state index < -0.39 is 23.5 Å². The summed E-state index contributed by atoms with van der Waals surface area (Å²) in [7, 11) is 1.75. The second-order valence-electron chi connectivity index (χ2n) is 5.62. The van der Waals surface area contributed by atoms with Crippen molar-refractivity contribution in [1.82, 2.24) is 15.5 Å². The summed E-state index contributed by atoms with van der Waals surface area (Å²) < 4.78 is 81.8. The molecule has 1 heterocycles. The van der Waals surface area contributed by atoms with Crippen molar-refractivity contribution in [3.63, 3.8) is 0 Å². The summed E-state index contributed by atoms with van der Waals surface area (Å²) in [5, 5.41) is 6.66. The first-order valence-electron chi connectivity index (χ1n) is 7.46. The molecule has 27 heavy (non-hydrogen) atoms. The second kappa shape index (κ2) is 8.75. The number of nitrogens with zero attached hydrogens (tertiary/aromatic N) is 2. The van der Waals surface area contributed by atoms with E-state index >= 15 is 0 Å². The molecule has 1 unspecified atom stereocenters. The van der Waals surface area contributed by atoms with Gasteiger partial charge in [-0.05, 0) is 43.8 Å². The summed E-state index contributed by atoms with van der Waals surface area (Å²) in [4.78, 5) is 4.01. The maximum atomic E-state index is 12.8. The Morgan fingerprint density at radius 2 is 1.59 bits per heavy atom. The van der Waals surface area contributed by atoms with Crippen LogP contribution in [0.4, 0.5) is 26.3 Å².